The second kappa shape index (κ2) is 17.7. The Morgan fingerprint density at radius 3 is 2.11 bits per heavy atom. The van der Waals surface area contributed by atoms with E-state index in [0.717, 1.165) is 0 Å². The number of carbonyl (C=O) groups is 7. The molecule has 2 fully saturated rings. The summed E-state index contributed by atoms with van der Waals surface area (Å²) in [5, 5.41) is 18.8. The smallest absolute Gasteiger partial charge is 0.326 e. The molecule has 45 heavy (non-hydrogen) atoms. The van der Waals surface area contributed by atoms with Gasteiger partial charge in [0, 0.05) is 19.6 Å². The summed E-state index contributed by atoms with van der Waals surface area (Å²) < 4.78 is 0. The van der Waals surface area contributed by atoms with Crippen LogP contribution in [0.4, 0.5) is 0 Å². The molecule has 18 heteroatoms. The first-order chi connectivity index (χ1) is 21.2. The number of aliphatic carboxylic acids is 1. The summed E-state index contributed by atoms with van der Waals surface area (Å²) in [4.78, 5) is 93.7. The first-order valence-electron chi connectivity index (χ1n) is 15.0. The molecule has 2 saturated heterocycles. The Balaban J connectivity index is 1.83. The van der Waals surface area contributed by atoms with Crippen LogP contribution < -0.4 is 38.5 Å². The van der Waals surface area contributed by atoms with E-state index in [1.54, 1.807) is 13.8 Å². The van der Waals surface area contributed by atoms with Crippen LogP contribution in [0.2, 0.25) is 0 Å². The van der Waals surface area contributed by atoms with Gasteiger partial charge in [0.2, 0.25) is 35.4 Å². The highest BCUT2D eigenvalue weighted by Crippen LogP contribution is 2.25. The summed E-state index contributed by atoms with van der Waals surface area (Å²) in [7, 11) is 0. The molecular formula is C27H46N10O8. The number of nitrogens with one attached hydrogen (secondary N) is 4. The van der Waals surface area contributed by atoms with Gasteiger partial charge < -0.3 is 53.4 Å². The van der Waals surface area contributed by atoms with Gasteiger partial charge in [-0.2, -0.15) is 0 Å². The number of amides is 6. The normalized spacial score (nSPS) is 18.9. The van der Waals surface area contributed by atoms with Crippen molar-refractivity contribution in [1.29, 1.82) is 0 Å². The van der Waals surface area contributed by atoms with Crippen LogP contribution >= 0.6 is 0 Å². The number of guanidine groups is 1. The van der Waals surface area contributed by atoms with E-state index >= 15 is 0 Å². The number of nitrogens with two attached hydrogens (primary N) is 3. The fourth-order valence-corrected chi connectivity index (χ4v) is 5.13. The monoisotopic (exact) mass is 638 g/mol. The van der Waals surface area contributed by atoms with Crippen molar-refractivity contribution in [2.24, 2.45) is 28.1 Å². The van der Waals surface area contributed by atoms with Gasteiger partial charge in [-0.05, 0) is 44.4 Å². The number of carbonyl (C=O) groups excluding carboxylic acids is 6. The molecule has 2 rings (SSSR count). The number of nitrogens with zero attached hydrogens (tertiary/aromatic N) is 3. The third-order valence-corrected chi connectivity index (χ3v) is 7.53. The van der Waals surface area contributed by atoms with Crippen LogP contribution in [0.5, 0.6) is 0 Å². The molecule has 0 unspecified atom stereocenters. The topological polar surface area (TPSA) is 285 Å². The number of hydrogen-bond acceptors (Lipinski definition) is 9. The molecule has 0 saturated carbocycles. The van der Waals surface area contributed by atoms with Crippen LogP contribution in [0.25, 0.3) is 0 Å². The molecule has 0 spiro atoms. The van der Waals surface area contributed by atoms with Gasteiger partial charge in [0.15, 0.2) is 5.96 Å². The average molecular weight is 639 g/mol. The van der Waals surface area contributed by atoms with Gasteiger partial charge >= 0.3 is 5.97 Å². The third-order valence-electron chi connectivity index (χ3n) is 7.53. The fourth-order valence-electron chi connectivity index (χ4n) is 5.13. The van der Waals surface area contributed by atoms with Gasteiger partial charge in [-0.1, -0.05) is 13.8 Å². The van der Waals surface area contributed by atoms with Crippen LogP contribution in [-0.2, 0) is 33.6 Å². The lowest BCUT2D eigenvalue weighted by atomic mass is 10.1. The summed E-state index contributed by atoms with van der Waals surface area (Å²) in [6, 6.07) is -3.61. The minimum Gasteiger partial charge on any atom is -0.480 e. The van der Waals surface area contributed by atoms with Gasteiger partial charge in [0.25, 0.3) is 0 Å². The van der Waals surface area contributed by atoms with Gasteiger partial charge in [0.05, 0.1) is 25.7 Å². The number of rotatable bonds is 16. The summed E-state index contributed by atoms with van der Waals surface area (Å²) in [5.74, 6) is -4.89. The minimum absolute atomic E-state index is 0.0589. The lowest BCUT2D eigenvalue weighted by Gasteiger charge is -2.31. The molecule has 2 aliphatic heterocycles. The Bertz CT molecular complexity index is 1140. The molecule has 0 aromatic carbocycles. The average Bonchev–Trinajstić information content (AvgIpc) is 3.68. The molecule has 11 N–H and O–H groups in total. The second-order valence-electron chi connectivity index (χ2n) is 11.3. The third kappa shape index (κ3) is 11.5. The molecular weight excluding hydrogens is 592 g/mol. The van der Waals surface area contributed by atoms with E-state index in [-0.39, 0.29) is 24.3 Å². The number of aliphatic imine (C=N–C) groups is 1. The Morgan fingerprint density at radius 1 is 0.867 bits per heavy atom. The molecule has 2 heterocycles. The molecule has 6 amide bonds. The van der Waals surface area contributed by atoms with Gasteiger partial charge in [0.1, 0.15) is 18.1 Å². The zero-order valence-electron chi connectivity index (χ0n) is 25.8. The van der Waals surface area contributed by atoms with E-state index in [9.17, 15) is 38.7 Å². The summed E-state index contributed by atoms with van der Waals surface area (Å²) >= 11 is 0. The molecule has 18 nitrogen and oxygen atoms in total. The summed E-state index contributed by atoms with van der Waals surface area (Å²) in [5.41, 5.74) is 16.4. The fraction of sp³-hybridized carbons (Fsp3) is 0.704. The maximum atomic E-state index is 13.5. The van der Waals surface area contributed by atoms with Gasteiger partial charge in [-0.25, -0.2) is 4.79 Å². The largest absolute Gasteiger partial charge is 0.480 e. The molecule has 252 valence electrons. The highest BCUT2D eigenvalue weighted by molar-refractivity contribution is 5.95. The van der Waals surface area contributed by atoms with Crippen LogP contribution in [0, 0.1) is 5.92 Å². The first-order valence-corrected chi connectivity index (χ1v) is 15.0. The maximum absolute atomic E-state index is 13.5. The van der Waals surface area contributed by atoms with Crippen molar-refractivity contribution < 1.29 is 38.7 Å². The van der Waals surface area contributed by atoms with E-state index in [4.69, 9.17) is 17.2 Å². The van der Waals surface area contributed by atoms with E-state index in [0.29, 0.717) is 58.2 Å². The lowest BCUT2D eigenvalue weighted by molar-refractivity contribution is -0.146. The molecule has 4 atom stereocenters. The van der Waals surface area contributed by atoms with E-state index < -0.39 is 72.8 Å². The predicted molar refractivity (Wildman–Crippen MR) is 161 cm³/mol. The number of hydrogen-bond donors (Lipinski definition) is 8. The van der Waals surface area contributed by atoms with Gasteiger partial charge in [-0.15, -0.1) is 0 Å². The number of likely N-dealkylation sites (tertiary alicyclic amines) is 2. The lowest BCUT2D eigenvalue weighted by Crippen LogP contribution is -2.55. The van der Waals surface area contributed by atoms with E-state index in [2.05, 4.69) is 26.3 Å². The quantitative estimate of drug-likeness (QED) is 0.0457. The second-order valence-corrected chi connectivity index (χ2v) is 11.3. The van der Waals surface area contributed by atoms with Crippen molar-refractivity contribution in [3.05, 3.63) is 0 Å². The molecule has 0 radical (unpaired) electrons. The predicted octanol–water partition coefficient (Wildman–Crippen LogP) is -4.08. The minimum atomic E-state index is -1.20. The van der Waals surface area contributed by atoms with Crippen LogP contribution in [0.1, 0.15) is 52.4 Å². The maximum Gasteiger partial charge on any atom is 0.326 e. The zero-order chi connectivity index (χ0) is 33.7. The van der Waals surface area contributed by atoms with Crippen molar-refractivity contribution in [2.75, 3.05) is 39.3 Å². The van der Waals surface area contributed by atoms with Gasteiger partial charge in [-0.3, -0.25) is 33.8 Å². The number of carboxylic acids is 1. The van der Waals surface area contributed by atoms with Crippen LogP contribution in [0.3, 0.4) is 0 Å². The van der Waals surface area contributed by atoms with E-state index in [1.165, 1.54) is 9.80 Å². The Hall–Kier alpha value is -4.48. The van der Waals surface area contributed by atoms with Crippen LogP contribution in [0.15, 0.2) is 4.99 Å². The summed E-state index contributed by atoms with van der Waals surface area (Å²) in [6.07, 6.45) is 2.67. The van der Waals surface area contributed by atoms with Crippen molar-refractivity contribution in [3.8, 4) is 0 Å². The van der Waals surface area contributed by atoms with Crippen molar-refractivity contribution in [2.45, 2.75) is 76.5 Å². The van der Waals surface area contributed by atoms with Crippen molar-refractivity contribution >= 4 is 47.4 Å². The molecule has 0 bridgehead atoms. The highest BCUT2D eigenvalue weighted by Gasteiger charge is 2.42. The van der Waals surface area contributed by atoms with Crippen LogP contribution in [-0.4, -0.2) is 126 Å². The zero-order valence-corrected chi connectivity index (χ0v) is 25.8. The Morgan fingerprint density at radius 2 is 1.49 bits per heavy atom. The van der Waals surface area contributed by atoms with Crippen molar-refractivity contribution in [1.82, 2.24) is 31.1 Å². The number of carboxylic acid groups (broad SMARTS) is 1. The molecule has 0 aliphatic carbocycles. The molecule has 2 aliphatic rings. The molecule has 0 aromatic rings. The van der Waals surface area contributed by atoms with Crippen molar-refractivity contribution in [3.63, 3.8) is 0 Å². The first kappa shape index (κ1) is 36.7. The SMILES string of the molecule is CC(C)[C@H](NC(=O)CNC(=O)CNC(=O)[C@@H]1CCCN1C(=O)[C@@H]1CCCN1C(=O)CNC(=O)[C@@H](N)CCCN=C(N)N)C(=O)O. The van der Waals surface area contributed by atoms with E-state index in [1.807, 2.05) is 0 Å². The Labute approximate surface area is 261 Å². The molecule has 0 aromatic heterocycles. The summed E-state index contributed by atoms with van der Waals surface area (Å²) in [6.45, 7) is 2.92. The standard InChI is InChI=1S/C27H46N10O8/c1-15(2)22(26(44)45)35-20(39)13-32-19(38)12-33-24(42)17-7-4-11-37(17)25(43)18-8-5-10-36(18)21(40)14-34-23(41)16(28)6-3-9-31-27(29)30/h15-18,22H,3-14,28H2,1-2H3,(H,32,38)(H,33,42)(H,34,41)(H,35,39)(H,44,45)(H4,29,30,31)/t16-,17-,18-,22-/m0/s1. The highest BCUT2D eigenvalue weighted by atomic mass is 16.4. The Kier molecular flexibility index (Phi) is 14.5.